The van der Waals surface area contributed by atoms with E-state index in [1.807, 2.05) is 0 Å². The van der Waals surface area contributed by atoms with Gasteiger partial charge in [-0.3, -0.25) is 4.90 Å². The van der Waals surface area contributed by atoms with Crippen LogP contribution in [-0.2, 0) is 4.74 Å². The third-order valence-electron chi connectivity index (χ3n) is 2.57. The summed E-state index contributed by atoms with van der Waals surface area (Å²) in [6.07, 6.45) is 1.45. The number of hydrogen-bond acceptors (Lipinski definition) is 3. The summed E-state index contributed by atoms with van der Waals surface area (Å²) in [7, 11) is 1.75. The van der Waals surface area contributed by atoms with E-state index in [-0.39, 0.29) is 0 Å². The lowest BCUT2D eigenvalue weighted by Crippen LogP contribution is -2.43. The summed E-state index contributed by atoms with van der Waals surface area (Å²) in [5.41, 5.74) is 0. The van der Waals surface area contributed by atoms with Gasteiger partial charge in [0.2, 0.25) is 0 Å². The Kier molecular flexibility index (Phi) is 3.51. The minimum absolute atomic E-state index is 0.312. The quantitative estimate of drug-likeness (QED) is 0.574. The van der Waals surface area contributed by atoms with Gasteiger partial charge in [-0.05, 0) is 18.9 Å². The van der Waals surface area contributed by atoms with Gasteiger partial charge < -0.3 is 4.74 Å². The van der Waals surface area contributed by atoms with Crippen LogP contribution in [0.2, 0.25) is 0 Å². The average molecular weight is 168 g/mol. The number of nitriles is 1. The second-order valence-electron chi connectivity index (χ2n) is 3.43. The molecule has 2 atom stereocenters. The van der Waals surface area contributed by atoms with Gasteiger partial charge in [0, 0.05) is 13.7 Å². The van der Waals surface area contributed by atoms with Gasteiger partial charge >= 0.3 is 0 Å². The highest BCUT2D eigenvalue weighted by Gasteiger charge is 2.25. The smallest absolute Gasteiger partial charge is 0.0866 e. The summed E-state index contributed by atoms with van der Waals surface area (Å²) in [6.45, 7) is 4.68. The summed E-state index contributed by atoms with van der Waals surface area (Å²) < 4.78 is 5.33. The van der Waals surface area contributed by atoms with Gasteiger partial charge in [-0.25, -0.2) is 0 Å². The highest BCUT2D eigenvalue weighted by molar-refractivity contribution is 4.84. The normalized spacial score (nSPS) is 31.4. The number of piperidine rings is 1. The van der Waals surface area contributed by atoms with Crippen LogP contribution in [0, 0.1) is 17.2 Å². The summed E-state index contributed by atoms with van der Waals surface area (Å²) in [5, 5.41) is 8.51. The third kappa shape index (κ3) is 2.20. The molecule has 1 rings (SSSR count). The van der Waals surface area contributed by atoms with Crippen molar-refractivity contribution in [1.82, 2.24) is 4.90 Å². The Labute approximate surface area is 73.9 Å². The zero-order valence-electron chi connectivity index (χ0n) is 7.79. The largest absolute Gasteiger partial charge is 0.380 e. The van der Waals surface area contributed by atoms with Crippen molar-refractivity contribution in [1.29, 1.82) is 5.26 Å². The highest BCUT2D eigenvalue weighted by atomic mass is 16.5. The van der Waals surface area contributed by atoms with Crippen LogP contribution < -0.4 is 0 Å². The summed E-state index contributed by atoms with van der Waals surface area (Å²) >= 11 is 0. The second-order valence-corrected chi connectivity index (χ2v) is 3.43. The molecule has 0 aromatic carbocycles. The van der Waals surface area contributed by atoms with Crippen molar-refractivity contribution in [2.75, 3.05) is 26.7 Å². The zero-order chi connectivity index (χ0) is 8.97. The van der Waals surface area contributed by atoms with Crippen molar-refractivity contribution in [2.24, 2.45) is 5.92 Å². The van der Waals surface area contributed by atoms with Crippen molar-refractivity contribution in [3.05, 3.63) is 0 Å². The molecule has 68 valence electrons. The van der Waals surface area contributed by atoms with Gasteiger partial charge in [0.15, 0.2) is 0 Å². The maximum Gasteiger partial charge on any atom is 0.0866 e. The Morgan fingerprint density at radius 2 is 2.42 bits per heavy atom. The molecule has 0 N–H and O–H groups in total. The van der Waals surface area contributed by atoms with Crippen molar-refractivity contribution in [3.63, 3.8) is 0 Å². The minimum atomic E-state index is 0.312. The van der Waals surface area contributed by atoms with Crippen LogP contribution >= 0.6 is 0 Å². The Bertz CT molecular complexity index is 176. The molecule has 2 unspecified atom stereocenters. The Morgan fingerprint density at radius 1 is 1.67 bits per heavy atom. The van der Waals surface area contributed by atoms with E-state index in [2.05, 4.69) is 17.9 Å². The topological polar surface area (TPSA) is 36.3 Å². The Morgan fingerprint density at radius 3 is 3.00 bits per heavy atom. The second kappa shape index (κ2) is 4.44. The number of methoxy groups -OCH3 is 1. The fourth-order valence-corrected chi connectivity index (χ4v) is 1.65. The summed E-state index contributed by atoms with van der Waals surface area (Å²) in [4.78, 5) is 2.15. The fourth-order valence-electron chi connectivity index (χ4n) is 1.65. The predicted molar refractivity (Wildman–Crippen MR) is 46.6 cm³/mol. The van der Waals surface area contributed by atoms with Crippen LogP contribution in [0.5, 0.6) is 0 Å². The van der Waals surface area contributed by atoms with Gasteiger partial charge in [-0.15, -0.1) is 0 Å². The Hall–Kier alpha value is -0.590. The van der Waals surface area contributed by atoms with Crippen LogP contribution in [0.1, 0.15) is 13.3 Å². The number of hydrogen-bond donors (Lipinski definition) is 0. The van der Waals surface area contributed by atoms with Crippen LogP contribution in [-0.4, -0.2) is 37.7 Å². The van der Waals surface area contributed by atoms with E-state index in [0.29, 0.717) is 18.6 Å². The first-order valence-corrected chi connectivity index (χ1v) is 4.40. The van der Waals surface area contributed by atoms with Gasteiger partial charge in [0.25, 0.3) is 0 Å². The zero-order valence-corrected chi connectivity index (χ0v) is 7.79. The van der Waals surface area contributed by atoms with Crippen LogP contribution in [0.4, 0.5) is 0 Å². The molecule has 0 spiro atoms. The molecular formula is C9H16N2O. The maximum absolute atomic E-state index is 8.51. The number of likely N-dealkylation sites (tertiary alicyclic amines) is 1. The van der Waals surface area contributed by atoms with E-state index in [1.165, 1.54) is 0 Å². The molecule has 1 saturated heterocycles. The maximum atomic E-state index is 8.51. The standard InChI is InChI=1S/C9H16N2O/c1-8-3-5-11(6-4-10)7-9(8)12-2/h8-9H,3,5-7H2,1-2H3. The SMILES string of the molecule is COC1CN(CC#N)CCC1C. The molecule has 1 aliphatic rings. The fraction of sp³-hybridized carbons (Fsp3) is 0.889. The van der Waals surface area contributed by atoms with Crippen molar-refractivity contribution in [2.45, 2.75) is 19.4 Å². The average Bonchev–Trinajstić information content (AvgIpc) is 2.09. The van der Waals surface area contributed by atoms with E-state index < -0.39 is 0 Å². The lowest BCUT2D eigenvalue weighted by atomic mass is 9.96. The molecule has 1 heterocycles. The van der Waals surface area contributed by atoms with Gasteiger partial charge in [0.1, 0.15) is 0 Å². The van der Waals surface area contributed by atoms with E-state index in [1.54, 1.807) is 7.11 Å². The van der Waals surface area contributed by atoms with Crippen molar-refractivity contribution < 1.29 is 4.74 Å². The summed E-state index contributed by atoms with van der Waals surface area (Å²) in [5.74, 6) is 0.630. The van der Waals surface area contributed by atoms with Gasteiger partial charge in [0.05, 0.1) is 18.7 Å². The van der Waals surface area contributed by atoms with Gasteiger partial charge in [-0.1, -0.05) is 6.92 Å². The molecule has 0 bridgehead atoms. The van der Waals surface area contributed by atoms with E-state index in [9.17, 15) is 0 Å². The predicted octanol–water partition coefficient (Wildman–Crippen LogP) is 0.867. The van der Waals surface area contributed by atoms with E-state index in [0.717, 1.165) is 19.5 Å². The molecule has 0 aliphatic carbocycles. The van der Waals surface area contributed by atoms with Crippen LogP contribution in [0.15, 0.2) is 0 Å². The monoisotopic (exact) mass is 168 g/mol. The summed E-state index contributed by atoms with van der Waals surface area (Å²) in [6, 6.07) is 2.17. The van der Waals surface area contributed by atoms with Gasteiger partial charge in [-0.2, -0.15) is 5.26 Å². The molecule has 3 heteroatoms. The molecule has 0 radical (unpaired) electrons. The molecule has 0 aromatic rings. The van der Waals surface area contributed by atoms with E-state index >= 15 is 0 Å². The molecule has 12 heavy (non-hydrogen) atoms. The molecule has 0 amide bonds. The van der Waals surface area contributed by atoms with Crippen LogP contribution in [0.3, 0.4) is 0 Å². The first-order valence-electron chi connectivity index (χ1n) is 4.40. The lowest BCUT2D eigenvalue weighted by molar-refractivity contribution is -0.000793. The first-order chi connectivity index (χ1) is 5.77. The van der Waals surface area contributed by atoms with Crippen LogP contribution in [0.25, 0.3) is 0 Å². The first kappa shape index (κ1) is 9.50. The lowest BCUT2D eigenvalue weighted by Gasteiger charge is -2.34. The number of ether oxygens (including phenoxy) is 1. The number of rotatable bonds is 2. The molecule has 0 saturated carbocycles. The number of nitrogens with zero attached hydrogens (tertiary/aromatic N) is 2. The molecule has 3 nitrogen and oxygen atoms in total. The molecule has 1 aliphatic heterocycles. The minimum Gasteiger partial charge on any atom is -0.380 e. The van der Waals surface area contributed by atoms with Crippen molar-refractivity contribution in [3.8, 4) is 6.07 Å². The van der Waals surface area contributed by atoms with Crippen molar-refractivity contribution >= 4 is 0 Å². The third-order valence-corrected chi connectivity index (χ3v) is 2.57. The highest BCUT2D eigenvalue weighted by Crippen LogP contribution is 2.18. The van der Waals surface area contributed by atoms with E-state index in [4.69, 9.17) is 10.00 Å². The molecule has 0 aromatic heterocycles. The Balaban J connectivity index is 2.39. The molecule has 1 fully saturated rings. The molecular weight excluding hydrogens is 152 g/mol.